The highest BCUT2D eigenvalue weighted by atomic mass is 32.2. The van der Waals surface area contributed by atoms with Crippen LogP contribution in [-0.4, -0.2) is 53.2 Å². The third kappa shape index (κ3) is 5.64. The number of hydrogen-bond acceptors (Lipinski definition) is 7. The second-order valence-electron chi connectivity index (χ2n) is 7.70. The second kappa shape index (κ2) is 11.1. The normalized spacial score (nSPS) is 13.8. The van der Waals surface area contributed by atoms with Gasteiger partial charge in [0, 0.05) is 19.6 Å². The minimum absolute atomic E-state index is 0.0306. The van der Waals surface area contributed by atoms with E-state index >= 15 is 0 Å². The Balaban J connectivity index is 1.35. The van der Waals surface area contributed by atoms with E-state index in [1.165, 1.54) is 18.2 Å². The third-order valence-electron chi connectivity index (χ3n) is 5.47. The van der Waals surface area contributed by atoms with E-state index in [0.29, 0.717) is 19.5 Å². The minimum atomic E-state index is -0.0306. The first-order valence-corrected chi connectivity index (χ1v) is 11.9. The maximum absolute atomic E-state index is 12.4. The fourth-order valence-electron chi connectivity index (χ4n) is 3.84. The maximum Gasteiger partial charge on any atom is 0.230 e. The Morgan fingerprint density at radius 3 is 2.78 bits per heavy atom. The summed E-state index contributed by atoms with van der Waals surface area (Å²) in [5.74, 6) is 2.78. The van der Waals surface area contributed by atoms with E-state index in [1.807, 2.05) is 36.4 Å². The highest BCUT2D eigenvalue weighted by Gasteiger charge is 2.21. The molecular weight excluding hydrogens is 426 g/mol. The molecule has 1 amide bonds. The Morgan fingerprint density at radius 1 is 1.16 bits per heavy atom. The number of ether oxygens (including phenoxy) is 1. The van der Waals surface area contributed by atoms with E-state index in [9.17, 15) is 4.79 Å². The molecule has 32 heavy (non-hydrogen) atoms. The number of benzene rings is 1. The molecule has 1 fully saturated rings. The lowest BCUT2D eigenvalue weighted by Gasteiger charge is -2.27. The molecule has 0 unspecified atom stereocenters. The van der Waals surface area contributed by atoms with Gasteiger partial charge in [-0.05, 0) is 49.4 Å². The number of carbonyl (C=O) groups is 1. The molecule has 1 aliphatic heterocycles. The summed E-state index contributed by atoms with van der Waals surface area (Å²) >= 11 is 1.40. The highest BCUT2D eigenvalue weighted by Crippen LogP contribution is 2.25. The quantitative estimate of drug-likeness (QED) is 0.469. The first kappa shape index (κ1) is 22.3. The van der Waals surface area contributed by atoms with Gasteiger partial charge in [0.1, 0.15) is 11.5 Å². The second-order valence-corrected chi connectivity index (χ2v) is 8.64. The summed E-state index contributed by atoms with van der Waals surface area (Å²) in [6.45, 7) is 3.05. The van der Waals surface area contributed by atoms with Gasteiger partial charge in [-0.15, -0.1) is 10.2 Å². The molecule has 3 aromatic rings. The van der Waals surface area contributed by atoms with Crippen LogP contribution >= 0.6 is 11.8 Å². The zero-order valence-corrected chi connectivity index (χ0v) is 19.1. The van der Waals surface area contributed by atoms with Gasteiger partial charge in [-0.25, -0.2) is 0 Å². The van der Waals surface area contributed by atoms with Crippen molar-refractivity contribution in [2.45, 2.75) is 37.4 Å². The summed E-state index contributed by atoms with van der Waals surface area (Å²) in [5.41, 5.74) is 1.08. The largest absolute Gasteiger partial charge is 0.496 e. The fraction of sp³-hybridized carbons (Fsp3) is 0.435. The third-order valence-corrected chi connectivity index (χ3v) is 6.44. The average Bonchev–Trinajstić information content (AvgIpc) is 3.49. The number of rotatable bonds is 10. The van der Waals surface area contributed by atoms with Crippen LogP contribution in [0.5, 0.6) is 5.75 Å². The van der Waals surface area contributed by atoms with Gasteiger partial charge < -0.3 is 19.4 Å². The number of carbonyl (C=O) groups excluding carboxylic acids is 1. The fourth-order valence-corrected chi connectivity index (χ4v) is 4.60. The first-order valence-electron chi connectivity index (χ1n) is 11.0. The topological polar surface area (TPSA) is 85.4 Å². The molecule has 1 saturated heterocycles. The van der Waals surface area contributed by atoms with Crippen molar-refractivity contribution in [3.05, 3.63) is 54.0 Å². The number of furan rings is 1. The van der Waals surface area contributed by atoms with Crippen molar-refractivity contribution in [3.63, 3.8) is 0 Å². The predicted octanol–water partition coefficient (Wildman–Crippen LogP) is 3.37. The number of thioether (sulfide) groups is 1. The number of piperidine rings is 1. The number of amides is 1. The zero-order valence-electron chi connectivity index (χ0n) is 18.3. The Morgan fingerprint density at radius 2 is 2.00 bits per heavy atom. The first-order chi connectivity index (χ1) is 15.7. The van der Waals surface area contributed by atoms with Crippen LogP contribution in [-0.2, 0) is 17.8 Å². The van der Waals surface area contributed by atoms with Crippen LogP contribution < -0.4 is 15.0 Å². The van der Waals surface area contributed by atoms with Crippen LogP contribution in [0.2, 0.25) is 0 Å². The molecular formula is C23H29N5O3S. The molecule has 0 aliphatic carbocycles. The molecule has 0 atom stereocenters. The predicted molar refractivity (Wildman–Crippen MR) is 124 cm³/mol. The number of para-hydroxylation sites is 1. The van der Waals surface area contributed by atoms with Gasteiger partial charge in [-0.3, -0.25) is 9.36 Å². The number of nitrogens with one attached hydrogen (secondary N) is 1. The SMILES string of the molecule is COc1ccccc1CCNC(=O)CSc1nnc(N2CCCCC2)n1Cc1ccco1. The maximum atomic E-state index is 12.4. The molecule has 0 bridgehead atoms. The van der Waals surface area contributed by atoms with Crippen molar-refractivity contribution in [2.75, 3.05) is 37.4 Å². The number of nitrogens with zero attached hydrogens (tertiary/aromatic N) is 4. The van der Waals surface area contributed by atoms with E-state index in [0.717, 1.165) is 54.1 Å². The van der Waals surface area contributed by atoms with Crippen molar-refractivity contribution in [1.82, 2.24) is 20.1 Å². The number of methoxy groups -OCH3 is 1. The van der Waals surface area contributed by atoms with Gasteiger partial charge in [0.2, 0.25) is 11.9 Å². The van der Waals surface area contributed by atoms with Crippen molar-refractivity contribution in [2.24, 2.45) is 0 Å². The van der Waals surface area contributed by atoms with Gasteiger partial charge in [0.15, 0.2) is 5.16 Å². The Kier molecular flexibility index (Phi) is 7.71. The van der Waals surface area contributed by atoms with Crippen LogP contribution in [0.1, 0.15) is 30.6 Å². The van der Waals surface area contributed by atoms with Crippen molar-refractivity contribution < 1.29 is 13.9 Å². The van der Waals surface area contributed by atoms with Crippen LogP contribution in [0.4, 0.5) is 5.95 Å². The number of aromatic nitrogens is 3. The Bertz CT molecular complexity index is 999. The molecule has 0 spiro atoms. The van der Waals surface area contributed by atoms with Gasteiger partial charge in [0.05, 0.1) is 25.7 Å². The Hall–Kier alpha value is -2.94. The molecule has 3 heterocycles. The summed E-state index contributed by atoms with van der Waals surface area (Å²) in [4.78, 5) is 14.7. The van der Waals surface area contributed by atoms with Crippen LogP contribution in [0.15, 0.2) is 52.2 Å². The highest BCUT2D eigenvalue weighted by molar-refractivity contribution is 7.99. The summed E-state index contributed by atoms with van der Waals surface area (Å²) in [7, 11) is 1.66. The molecule has 4 rings (SSSR count). The van der Waals surface area contributed by atoms with E-state index < -0.39 is 0 Å². The minimum Gasteiger partial charge on any atom is -0.496 e. The molecule has 1 N–H and O–H groups in total. The lowest BCUT2D eigenvalue weighted by atomic mass is 10.1. The zero-order chi connectivity index (χ0) is 22.2. The molecule has 0 saturated carbocycles. The van der Waals surface area contributed by atoms with Crippen LogP contribution in [0.3, 0.4) is 0 Å². The van der Waals surface area contributed by atoms with Crippen LogP contribution in [0, 0.1) is 0 Å². The van der Waals surface area contributed by atoms with Crippen molar-refractivity contribution >= 4 is 23.6 Å². The Labute approximate surface area is 192 Å². The van der Waals surface area contributed by atoms with Gasteiger partial charge in [-0.2, -0.15) is 0 Å². The average molecular weight is 456 g/mol. The summed E-state index contributed by atoms with van der Waals surface area (Å²) in [6.07, 6.45) is 5.95. The lowest BCUT2D eigenvalue weighted by molar-refractivity contribution is -0.118. The smallest absolute Gasteiger partial charge is 0.230 e. The van der Waals surface area contributed by atoms with Crippen LogP contribution in [0.25, 0.3) is 0 Å². The number of hydrogen-bond donors (Lipinski definition) is 1. The molecule has 9 heteroatoms. The molecule has 2 aromatic heterocycles. The van der Waals surface area contributed by atoms with E-state index in [2.05, 4.69) is 25.0 Å². The standard InChI is InChI=1S/C23H29N5O3S/c1-30-20-10-4-3-8-18(20)11-12-24-21(29)17-32-23-26-25-22(27-13-5-2-6-14-27)28(23)16-19-9-7-15-31-19/h3-4,7-10,15H,2,5-6,11-14,16-17H2,1H3,(H,24,29). The number of anilines is 1. The van der Waals surface area contributed by atoms with Crippen molar-refractivity contribution in [3.8, 4) is 5.75 Å². The van der Waals surface area contributed by atoms with Gasteiger partial charge in [-0.1, -0.05) is 30.0 Å². The van der Waals surface area contributed by atoms with Gasteiger partial charge >= 0.3 is 0 Å². The summed E-state index contributed by atoms with van der Waals surface area (Å²) in [5, 5.41) is 12.6. The van der Waals surface area contributed by atoms with E-state index in [-0.39, 0.29) is 11.7 Å². The van der Waals surface area contributed by atoms with Crippen molar-refractivity contribution in [1.29, 1.82) is 0 Å². The lowest BCUT2D eigenvalue weighted by Crippen LogP contribution is -2.32. The molecule has 8 nitrogen and oxygen atoms in total. The molecule has 0 radical (unpaired) electrons. The van der Waals surface area contributed by atoms with E-state index in [1.54, 1.807) is 13.4 Å². The van der Waals surface area contributed by atoms with E-state index in [4.69, 9.17) is 9.15 Å². The molecule has 170 valence electrons. The monoisotopic (exact) mass is 455 g/mol. The summed E-state index contributed by atoms with van der Waals surface area (Å²) < 4.78 is 13.0. The molecule has 1 aromatic carbocycles. The van der Waals surface area contributed by atoms with Gasteiger partial charge in [0.25, 0.3) is 0 Å². The summed E-state index contributed by atoms with van der Waals surface area (Å²) in [6, 6.07) is 11.7. The molecule has 1 aliphatic rings.